The maximum atomic E-state index is 11.8. The first-order chi connectivity index (χ1) is 19.7. The van der Waals surface area contributed by atoms with E-state index >= 15 is 0 Å². The van der Waals surface area contributed by atoms with Gasteiger partial charge in [-0.15, -0.1) is 0 Å². The van der Waals surface area contributed by atoms with Gasteiger partial charge in [0.25, 0.3) is 0 Å². The van der Waals surface area contributed by atoms with Crippen molar-refractivity contribution >= 4 is 23.9 Å². The Bertz CT molecular complexity index is 1110. The normalized spacial score (nSPS) is 37.4. The van der Waals surface area contributed by atoms with Crippen LogP contribution in [0.2, 0.25) is 0 Å². The molecule has 232 valence electrons. The zero-order valence-electron chi connectivity index (χ0n) is 25.4. The van der Waals surface area contributed by atoms with Crippen molar-refractivity contribution in [2.75, 3.05) is 13.2 Å². The van der Waals surface area contributed by atoms with Crippen molar-refractivity contribution in [2.45, 2.75) is 90.4 Å². The first-order valence-electron chi connectivity index (χ1n) is 15.1. The summed E-state index contributed by atoms with van der Waals surface area (Å²) in [6.07, 6.45) is 7.84. The van der Waals surface area contributed by atoms with Crippen molar-refractivity contribution in [1.82, 2.24) is 0 Å². The molecule has 7 rings (SSSR count). The predicted octanol–water partition coefficient (Wildman–Crippen LogP) is 4.47. The highest BCUT2D eigenvalue weighted by Crippen LogP contribution is 2.59. The quantitative estimate of drug-likeness (QED) is 0.261. The van der Waals surface area contributed by atoms with Gasteiger partial charge in [-0.1, -0.05) is 19.7 Å². The Morgan fingerprint density at radius 1 is 0.857 bits per heavy atom. The molecule has 9 nitrogen and oxygen atoms in total. The van der Waals surface area contributed by atoms with E-state index in [1.54, 1.807) is 20.8 Å². The zero-order valence-corrected chi connectivity index (χ0v) is 25.4. The third-order valence-corrected chi connectivity index (χ3v) is 10.1. The first-order valence-corrected chi connectivity index (χ1v) is 15.1. The second kappa shape index (κ2) is 12.7. The minimum Gasteiger partial charge on any atom is -0.460 e. The first kappa shape index (κ1) is 32.0. The van der Waals surface area contributed by atoms with E-state index in [-0.39, 0.29) is 60.8 Å². The lowest BCUT2D eigenvalue weighted by molar-refractivity contribution is -0.199. The molecule has 1 aliphatic heterocycles. The van der Waals surface area contributed by atoms with Crippen molar-refractivity contribution in [3.05, 3.63) is 36.5 Å². The topological polar surface area (TPSA) is 125 Å². The number of hydrogen-bond donors (Lipinski definition) is 1. The Hall–Kier alpha value is -2.94. The number of fused-ring (bicyclic) bond motifs is 1. The predicted molar refractivity (Wildman–Crippen MR) is 153 cm³/mol. The van der Waals surface area contributed by atoms with Crippen molar-refractivity contribution < 1.29 is 43.2 Å². The van der Waals surface area contributed by atoms with E-state index in [2.05, 4.69) is 31.4 Å². The zero-order chi connectivity index (χ0) is 30.9. The number of aliphatic hydroxyl groups excluding tert-OH is 1. The Morgan fingerprint density at radius 2 is 1.40 bits per heavy atom. The lowest BCUT2D eigenvalue weighted by Gasteiger charge is -2.59. The number of carbonyl (C=O) groups excluding carboxylic acids is 4. The summed E-state index contributed by atoms with van der Waals surface area (Å²) in [6.45, 7) is 17.6. The van der Waals surface area contributed by atoms with Crippen LogP contribution in [0.3, 0.4) is 0 Å². The number of carbonyl (C=O) groups is 4. The minimum atomic E-state index is -0.455. The number of esters is 4. The van der Waals surface area contributed by atoms with Crippen LogP contribution in [-0.4, -0.2) is 60.0 Å². The summed E-state index contributed by atoms with van der Waals surface area (Å²) in [5.74, 6) is 2.53. The summed E-state index contributed by atoms with van der Waals surface area (Å²) in [5.41, 5.74) is 1.07. The monoisotopic (exact) mass is 586 g/mol. The fraction of sp³-hybridized carbons (Fsp3) is 0.697. The molecule has 0 aromatic heterocycles. The molecule has 9 heteroatoms. The highest BCUT2D eigenvalue weighted by Gasteiger charge is 2.63. The van der Waals surface area contributed by atoms with Gasteiger partial charge >= 0.3 is 23.9 Å². The van der Waals surface area contributed by atoms with Crippen LogP contribution in [0.25, 0.3) is 0 Å². The van der Waals surface area contributed by atoms with Gasteiger partial charge in [-0.05, 0) is 96.3 Å². The number of hydrogen-bond acceptors (Lipinski definition) is 9. The third-order valence-electron chi connectivity index (χ3n) is 10.1. The summed E-state index contributed by atoms with van der Waals surface area (Å²) in [4.78, 5) is 45.2. The van der Waals surface area contributed by atoms with Crippen LogP contribution < -0.4 is 0 Å². The molecule has 0 radical (unpaired) electrons. The van der Waals surface area contributed by atoms with Gasteiger partial charge in [0.05, 0.1) is 12.5 Å². The molecule has 5 unspecified atom stereocenters. The van der Waals surface area contributed by atoms with Crippen LogP contribution in [-0.2, 0) is 38.1 Å². The highest BCUT2D eigenvalue weighted by molar-refractivity contribution is 5.88. The standard InChI is InChI=1S/C15H22O2.C12H14O4.C6H10O3/c1-9(2)14(16)17-15(3)12-5-10-4-11(7-12)8-13(15)6-10;1-5(2)11(13)15-9-6-3-7-8(4-6)12(14)16-10(7)9;1-5(2)6(8)9-4-3-7/h10-13H,1,4-8H2,2-3H3;6-10H,1,3-4H2,2H3;7H,1,3-4H2,2H3. The number of aliphatic hydroxyl groups is 1. The summed E-state index contributed by atoms with van der Waals surface area (Å²) in [7, 11) is 0. The molecular formula is C33H46O9. The molecule has 0 spiro atoms. The van der Waals surface area contributed by atoms with E-state index in [0.717, 1.165) is 24.7 Å². The van der Waals surface area contributed by atoms with Gasteiger partial charge in [0.2, 0.25) is 0 Å². The fourth-order valence-corrected chi connectivity index (χ4v) is 8.12. The molecule has 42 heavy (non-hydrogen) atoms. The molecule has 1 saturated heterocycles. The van der Waals surface area contributed by atoms with Gasteiger partial charge in [-0.3, -0.25) is 4.79 Å². The van der Waals surface area contributed by atoms with Crippen LogP contribution in [0.4, 0.5) is 0 Å². The molecule has 6 aliphatic carbocycles. The van der Waals surface area contributed by atoms with Crippen molar-refractivity contribution in [2.24, 2.45) is 41.4 Å². The molecule has 0 aromatic rings. The number of rotatable bonds is 7. The average molecular weight is 587 g/mol. The smallest absolute Gasteiger partial charge is 0.333 e. The molecular weight excluding hydrogens is 540 g/mol. The largest absolute Gasteiger partial charge is 0.460 e. The van der Waals surface area contributed by atoms with E-state index in [1.165, 1.54) is 32.1 Å². The molecule has 5 atom stereocenters. The Morgan fingerprint density at radius 3 is 1.90 bits per heavy atom. The van der Waals surface area contributed by atoms with Gasteiger partial charge in [-0.2, -0.15) is 0 Å². The Balaban J connectivity index is 0.000000153. The molecule has 6 saturated carbocycles. The summed E-state index contributed by atoms with van der Waals surface area (Å²) < 4.78 is 21.0. The number of ether oxygens (including phenoxy) is 4. The van der Waals surface area contributed by atoms with Gasteiger partial charge in [-0.25, -0.2) is 14.4 Å². The van der Waals surface area contributed by atoms with E-state index < -0.39 is 5.97 Å². The van der Waals surface area contributed by atoms with Gasteiger partial charge in [0, 0.05) is 28.6 Å². The molecule has 0 amide bonds. The second-order valence-corrected chi connectivity index (χ2v) is 13.4. The average Bonchev–Trinajstić information content (AvgIpc) is 3.56. The second-order valence-electron chi connectivity index (χ2n) is 13.4. The lowest BCUT2D eigenvalue weighted by Crippen LogP contribution is -2.58. The van der Waals surface area contributed by atoms with E-state index in [0.29, 0.717) is 34.5 Å². The van der Waals surface area contributed by atoms with Crippen LogP contribution >= 0.6 is 0 Å². The molecule has 1 N–H and O–H groups in total. The minimum absolute atomic E-state index is 0.0473. The maximum absolute atomic E-state index is 11.8. The van der Waals surface area contributed by atoms with Crippen LogP contribution in [0.15, 0.2) is 36.5 Å². The molecule has 1 heterocycles. The highest BCUT2D eigenvalue weighted by atomic mass is 16.6. The van der Waals surface area contributed by atoms with Gasteiger partial charge < -0.3 is 24.1 Å². The van der Waals surface area contributed by atoms with Gasteiger partial charge in [0.1, 0.15) is 24.4 Å². The van der Waals surface area contributed by atoms with Gasteiger partial charge in [0.15, 0.2) is 0 Å². The maximum Gasteiger partial charge on any atom is 0.333 e. The van der Waals surface area contributed by atoms with Crippen molar-refractivity contribution in [3.8, 4) is 0 Å². The summed E-state index contributed by atoms with van der Waals surface area (Å²) >= 11 is 0. The van der Waals surface area contributed by atoms with Crippen LogP contribution in [0.1, 0.15) is 72.6 Å². The fourth-order valence-electron chi connectivity index (χ4n) is 8.12. The van der Waals surface area contributed by atoms with Crippen molar-refractivity contribution in [1.29, 1.82) is 0 Å². The Kier molecular flexibility index (Phi) is 9.70. The van der Waals surface area contributed by atoms with Crippen LogP contribution in [0, 0.1) is 41.4 Å². The summed E-state index contributed by atoms with van der Waals surface area (Å²) in [6, 6.07) is 0. The SMILES string of the molecule is C=C(C)C(=O)OC1(C)C2CC3CC(C2)CC1C3.C=C(C)C(=O)OC1C2CC3C(=O)OC1C3C2.C=C(C)C(=O)OCCO. The van der Waals surface area contributed by atoms with Crippen LogP contribution in [0.5, 0.6) is 0 Å². The summed E-state index contributed by atoms with van der Waals surface area (Å²) in [5, 5.41) is 8.19. The van der Waals surface area contributed by atoms with E-state index in [1.807, 2.05) is 0 Å². The van der Waals surface area contributed by atoms with E-state index in [9.17, 15) is 19.2 Å². The molecule has 7 aliphatic rings. The van der Waals surface area contributed by atoms with E-state index in [4.69, 9.17) is 19.3 Å². The Labute approximate surface area is 248 Å². The lowest BCUT2D eigenvalue weighted by atomic mass is 9.50. The molecule has 0 aromatic carbocycles. The molecule has 7 fully saturated rings. The van der Waals surface area contributed by atoms with Crippen molar-refractivity contribution in [3.63, 3.8) is 0 Å². The third kappa shape index (κ3) is 6.51. The molecule has 6 bridgehead atoms.